The zero-order chi connectivity index (χ0) is 14.5. The summed E-state index contributed by atoms with van der Waals surface area (Å²) >= 11 is 5.58. The van der Waals surface area contributed by atoms with Crippen molar-refractivity contribution in [3.8, 4) is 11.5 Å². The predicted molar refractivity (Wildman–Crippen MR) is 88.6 cm³/mol. The Morgan fingerprint density at radius 1 is 1.05 bits per heavy atom. The highest BCUT2D eigenvalue weighted by atomic mass is 79.9. The molecule has 0 spiro atoms. The van der Waals surface area contributed by atoms with Gasteiger partial charge >= 0.3 is 0 Å². The maximum Gasteiger partial charge on any atom is 0.161 e. The molecule has 0 radical (unpaired) electrons. The normalized spacial score (nSPS) is 12.2. The standard InChI is InChI=1S/C16H19BrO2S/c1-4-18-13-8-7-12(10-14(13)19-5-2)16(17)15-9-6-11(3)20-15/h6-10,16H,4-5H2,1-3H3. The zero-order valence-electron chi connectivity index (χ0n) is 12.0. The maximum atomic E-state index is 5.68. The van der Waals surface area contributed by atoms with Crippen molar-refractivity contribution < 1.29 is 9.47 Å². The molecule has 2 rings (SSSR count). The van der Waals surface area contributed by atoms with Crippen LogP contribution in [0.3, 0.4) is 0 Å². The van der Waals surface area contributed by atoms with Gasteiger partial charge in [-0.25, -0.2) is 0 Å². The van der Waals surface area contributed by atoms with Gasteiger partial charge in [-0.2, -0.15) is 0 Å². The van der Waals surface area contributed by atoms with E-state index in [9.17, 15) is 0 Å². The summed E-state index contributed by atoms with van der Waals surface area (Å²) in [5.41, 5.74) is 1.18. The number of benzene rings is 1. The lowest BCUT2D eigenvalue weighted by Crippen LogP contribution is -2.00. The Labute approximate surface area is 132 Å². The molecule has 0 amide bonds. The lowest BCUT2D eigenvalue weighted by atomic mass is 10.1. The van der Waals surface area contributed by atoms with E-state index in [1.54, 1.807) is 11.3 Å². The molecule has 4 heteroatoms. The molecule has 1 unspecified atom stereocenters. The Kier molecular flexibility index (Phi) is 5.49. The van der Waals surface area contributed by atoms with Crippen LogP contribution in [0.2, 0.25) is 0 Å². The first-order valence-electron chi connectivity index (χ1n) is 6.75. The molecule has 0 N–H and O–H groups in total. The second-order valence-corrected chi connectivity index (χ2v) is 6.62. The lowest BCUT2D eigenvalue weighted by molar-refractivity contribution is 0.287. The van der Waals surface area contributed by atoms with Crippen LogP contribution in [0.4, 0.5) is 0 Å². The van der Waals surface area contributed by atoms with Gasteiger partial charge in [-0.05, 0) is 50.6 Å². The monoisotopic (exact) mass is 354 g/mol. The summed E-state index contributed by atoms with van der Waals surface area (Å²) in [5, 5.41) is 0. The first-order chi connectivity index (χ1) is 9.65. The number of thiophene rings is 1. The summed E-state index contributed by atoms with van der Waals surface area (Å²) < 4.78 is 11.3. The minimum atomic E-state index is 0.191. The van der Waals surface area contributed by atoms with Gasteiger partial charge in [0.2, 0.25) is 0 Å². The lowest BCUT2D eigenvalue weighted by Gasteiger charge is -2.14. The Morgan fingerprint density at radius 3 is 2.35 bits per heavy atom. The van der Waals surface area contributed by atoms with Crippen molar-refractivity contribution in [2.24, 2.45) is 0 Å². The number of ether oxygens (including phenoxy) is 2. The van der Waals surface area contributed by atoms with Crippen molar-refractivity contribution in [2.45, 2.75) is 25.6 Å². The fraction of sp³-hybridized carbons (Fsp3) is 0.375. The number of halogens is 1. The second-order valence-electron chi connectivity index (χ2n) is 4.38. The summed E-state index contributed by atoms with van der Waals surface area (Å²) in [6.07, 6.45) is 0. The number of aryl methyl sites for hydroxylation is 1. The van der Waals surface area contributed by atoms with Crippen molar-refractivity contribution in [3.63, 3.8) is 0 Å². The van der Waals surface area contributed by atoms with Crippen molar-refractivity contribution in [1.82, 2.24) is 0 Å². The molecule has 1 atom stereocenters. The zero-order valence-corrected chi connectivity index (χ0v) is 14.4. The number of rotatable bonds is 6. The Bertz CT molecular complexity index is 565. The molecule has 0 fully saturated rings. The van der Waals surface area contributed by atoms with Crippen LogP contribution in [0, 0.1) is 6.92 Å². The van der Waals surface area contributed by atoms with Gasteiger partial charge in [0, 0.05) is 9.75 Å². The average molecular weight is 355 g/mol. The molecule has 2 nitrogen and oxygen atoms in total. The van der Waals surface area contributed by atoms with Gasteiger partial charge in [0.05, 0.1) is 18.0 Å². The fourth-order valence-electron chi connectivity index (χ4n) is 1.98. The van der Waals surface area contributed by atoms with E-state index < -0.39 is 0 Å². The number of hydrogen-bond donors (Lipinski definition) is 0. The topological polar surface area (TPSA) is 18.5 Å². The number of alkyl halides is 1. The van der Waals surface area contributed by atoms with Crippen molar-refractivity contribution in [3.05, 3.63) is 45.6 Å². The third-order valence-corrected chi connectivity index (χ3v) is 5.26. The van der Waals surface area contributed by atoms with Gasteiger partial charge in [-0.1, -0.05) is 22.0 Å². The molecule has 0 saturated carbocycles. The third-order valence-electron chi connectivity index (χ3n) is 2.87. The summed E-state index contributed by atoms with van der Waals surface area (Å²) in [6.45, 7) is 7.36. The Hall–Kier alpha value is -1.00. The minimum Gasteiger partial charge on any atom is -0.490 e. The highest BCUT2D eigenvalue weighted by Crippen LogP contribution is 2.39. The Morgan fingerprint density at radius 2 is 1.75 bits per heavy atom. The molecule has 0 bridgehead atoms. The van der Waals surface area contributed by atoms with E-state index in [0.29, 0.717) is 13.2 Å². The van der Waals surface area contributed by atoms with Crippen molar-refractivity contribution in [2.75, 3.05) is 13.2 Å². The largest absolute Gasteiger partial charge is 0.490 e. The highest BCUT2D eigenvalue weighted by Gasteiger charge is 2.15. The third kappa shape index (κ3) is 3.55. The van der Waals surface area contributed by atoms with Crippen LogP contribution in [-0.4, -0.2) is 13.2 Å². The van der Waals surface area contributed by atoms with E-state index in [2.05, 4.69) is 47.1 Å². The first kappa shape index (κ1) is 15.4. The van der Waals surface area contributed by atoms with Gasteiger partial charge in [0.15, 0.2) is 11.5 Å². The van der Waals surface area contributed by atoms with Crippen molar-refractivity contribution >= 4 is 27.3 Å². The van der Waals surface area contributed by atoms with Crippen LogP contribution in [0.1, 0.15) is 34.0 Å². The van der Waals surface area contributed by atoms with Crippen molar-refractivity contribution in [1.29, 1.82) is 0 Å². The van der Waals surface area contributed by atoms with E-state index in [1.165, 1.54) is 15.3 Å². The summed E-state index contributed by atoms with van der Waals surface area (Å²) in [5.74, 6) is 1.62. The molecule has 108 valence electrons. The second kappa shape index (κ2) is 7.14. The van der Waals surface area contributed by atoms with Crippen LogP contribution in [0.15, 0.2) is 30.3 Å². The van der Waals surface area contributed by atoms with Crippen LogP contribution >= 0.6 is 27.3 Å². The van der Waals surface area contributed by atoms with Crippen LogP contribution < -0.4 is 9.47 Å². The van der Waals surface area contributed by atoms with E-state index in [0.717, 1.165) is 11.5 Å². The highest BCUT2D eigenvalue weighted by molar-refractivity contribution is 9.09. The van der Waals surface area contributed by atoms with Gasteiger partial charge in [0.1, 0.15) is 0 Å². The molecule has 1 aromatic heterocycles. The van der Waals surface area contributed by atoms with E-state index in [1.807, 2.05) is 19.9 Å². The van der Waals surface area contributed by atoms with E-state index >= 15 is 0 Å². The first-order valence-corrected chi connectivity index (χ1v) is 8.48. The molecular weight excluding hydrogens is 336 g/mol. The smallest absolute Gasteiger partial charge is 0.161 e. The van der Waals surface area contributed by atoms with Crippen LogP contribution in [0.25, 0.3) is 0 Å². The van der Waals surface area contributed by atoms with E-state index in [4.69, 9.17) is 9.47 Å². The molecular formula is C16H19BrO2S. The molecule has 1 aromatic carbocycles. The molecule has 20 heavy (non-hydrogen) atoms. The van der Waals surface area contributed by atoms with Gasteiger partial charge in [-0.3, -0.25) is 0 Å². The summed E-state index contributed by atoms with van der Waals surface area (Å²) in [6, 6.07) is 10.4. The van der Waals surface area contributed by atoms with Gasteiger partial charge in [0.25, 0.3) is 0 Å². The Balaban J connectivity index is 2.29. The molecule has 0 aliphatic carbocycles. The SMILES string of the molecule is CCOc1ccc(C(Br)c2ccc(C)s2)cc1OCC. The average Bonchev–Trinajstić information content (AvgIpc) is 2.87. The molecule has 0 aliphatic heterocycles. The van der Waals surface area contributed by atoms with Gasteiger partial charge < -0.3 is 9.47 Å². The quantitative estimate of drug-likeness (QED) is 0.652. The predicted octanol–water partition coefficient (Wildman–Crippen LogP) is 5.34. The molecule has 0 saturated heterocycles. The fourth-order valence-corrected chi connectivity index (χ4v) is 3.58. The molecule has 1 heterocycles. The van der Waals surface area contributed by atoms with Crippen LogP contribution in [0.5, 0.6) is 11.5 Å². The summed E-state index contributed by atoms with van der Waals surface area (Å²) in [7, 11) is 0. The van der Waals surface area contributed by atoms with Crippen LogP contribution in [-0.2, 0) is 0 Å². The summed E-state index contributed by atoms with van der Waals surface area (Å²) in [4.78, 5) is 2.81. The molecule has 0 aliphatic rings. The maximum absolute atomic E-state index is 5.68. The van der Waals surface area contributed by atoms with E-state index in [-0.39, 0.29) is 4.83 Å². The number of hydrogen-bond acceptors (Lipinski definition) is 3. The molecule has 2 aromatic rings. The minimum absolute atomic E-state index is 0.191. The van der Waals surface area contributed by atoms with Gasteiger partial charge in [-0.15, -0.1) is 11.3 Å².